The molecule has 1 aromatic heterocycles. The predicted molar refractivity (Wildman–Crippen MR) is 84.2 cm³/mol. The van der Waals surface area contributed by atoms with Crippen LogP contribution in [0.25, 0.3) is 0 Å². The van der Waals surface area contributed by atoms with Gasteiger partial charge in [0, 0.05) is 34.8 Å². The summed E-state index contributed by atoms with van der Waals surface area (Å²) >= 11 is 3.37. The first-order valence-corrected chi connectivity index (χ1v) is 8.52. The van der Waals surface area contributed by atoms with Crippen molar-refractivity contribution in [1.29, 1.82) is 0 Å². The fraction of sp³-hybridized carbons (Fsp3) is 0.154. The summed E-state index contributed by atoms with van der Waals surface area (Å²) in [5, 5.41) is 3.24. The van der Waals surface area contributed by atoms with Crippen LogP contribution >= 0.6 is 15.9 Å². The van der Waals surface area contributed by atoms with Crippen molar-refractivity contribution in [2.75, 3.05) is 16.3 Å². The summed E-state index contributed by atoms with van der Waals surface area (Å²) in [7, 11) is -3.23. The second-order valence-corrected chi connectivity index (χ2v) is 6.98. The van der Waals surface area contributed by atoms with Gasteiger partial charge in [-0.1, -0.05) is 0 Å². The third-order valence-electron chi connectivity index (χ3n) is 2.45. The maximum atomic E-state index is 11.1. The van der Waals surface area contributed by atoms with Crippen molar-refractivity contribution in [3.63, 3.8) is 0 Å². The first-order valence-electron chi connectivity index (χ1n) is 5.83. The number of halogens is 1. The van der Waals surface area contributed by atoms with Gasteiger partial charge in [-0.25, -0.2) is 8.42 Å². The van der Waals surface area contributed by atoms with E-state index in [2.05, 4.69) is 31.0 Å². The van der Waals surface area contributed by atoms with Crippen molar-refractivity contribution in [1.82, 2.24) is 4.98 Å². The third kappa shape index (κ3) is 4.82. The smallest absolute Gasteiger partial charge is 0.229 e. The van der Waals surface area contributed by atoms with Crippen LogP contribution in [0, 0.1) is 0 Å². The highest BCUT2D eigenvalue weighted by Crippen LogP contribution is 2.16. The first-order chi connectivity index (χ1) is 9.42. The van der Waals surface area contributed by atoms with Crippen molar-refractivity contribution in [3.8, 4) is 0 Å². The molecule has 7 heteroatoms. The second kappa shape index (κ2) is 6.23. The molecule has 0 aliphatic carbocycles. The summed E-state index contributed by atoms with van der Waals surface area (Å²) in [6.07, 6.45) is 4.64. The SMILES string of the molecule is CS(=O)(=O)Nc1ccc(NCc2cncc(Br)c2)cc1. The lowest BCUT2D eigenvalue weighted by molar-refractivity contribution is 0.607. The molecule has 0 aliphatic heterocycles. The lowest BCUT2D eigenvalue weighted by Gasteiger charge is -2.08. The van der Waals surface area contributed by atoms with Crippen molar-refractivity contribution in [2.24, 2.45) is 0 Å². The Morgan fingerprint density at radius 3 is 2.40 bits per heavy atom. The van der Waals surface area contributed by atoms with E-state index >= 15 is 0 Å². The number of benzene rings is 1. The quantitative estimate of drug-likeness (QED) is 0.864. The van der Waals surface area contributed by atoms with Gasteiger partial charge < -0.3 is 5.32 Å². The molecule has 0 amide bonds. The molecule has 0 aliphatic rings. The van der Waals surface area contributed by atoms with Gasteiger partial charge in [0.15, 0.2) is 0 Å². The van der Waals surface area contributed by atoms with Gasteiger partial charge in [-0.05, 0) is 51.8 Å². The molecule has 2 aromatic rings. The van der Waals surface area contributed by atoms with E-state index in [1.165, 1.54) is 0 Å². The summed E-state index contributed by atoms with van der Waals surface area (Å²) in [4.78, 5) is 4.09. The van der Waals surface area contributed by atoms with Crippen molar-refractivity contribution in [3.05, 3.63) is 52.8 Å². The van der Waals surface area contributed by atoms with E-state index in [-0.39, 0.29) is 0 Å². The first kappa shape index (κ1) is 14.8. The monoisotopic (exact) mass is 355 g/mol. The maximum Gasteiger partial charge on any atom is 0.229 e. The Hall–Kier alpha value is -1.60. The number of hydrogen-bond acceptors (Lipinski definition) is 4. The zero-order chi connectivity index (χ0) is 14.6. The Bertz CT molecular complexity index is 687. The van der Waals surface area contributed by atoms with E-state index in [1.807, 2.05) is 18.2 Å². The molecule has 1 heterocycles. The summed E-state index contributed by atoms with van der Waals surface area (Å²) in [6.45, 7) is 0.644. The van der Waals surface area contributed by atoms with Crippen molar-refractivity contribution >= 4 is 37.3 Å². The summed E-state index contributed by atoms with van der Waals surface area (Å²) in [5.74, 6) is 0. The van der Waals surface area contributed by atoms with Crippen LogP contribution in [-0.4, -0.2) is 19.7 Å². The summed E-state index contributed by atoms with van der Waals surface area (Å²) in [5.41, 5.74) is 2.50. The summed E-state index contributed by atoms with van der Waals surface area (Å²) < 4.78 is 25.5. The number of nitrogens with one attached hydrogen (secondary N) is 2. The molecular formula is C13H14BrN3O2S. The van der Waals surface area contributed by atoms with Gasteiger partial charge >= 0.3 is 0 Å². The van der Waals surface area contributed by atoms with Gasteiger partial charge in [0.2, 0.25) is 10.0 Å². The van der Waals surface area contributed by atoms with E-state index in [1.54, 1.807) is 24.5 Å². The molecule has 2 rings (SSSR count). The number of nitrogens with zero attached hydrogens (tertiary/aromatic N) is 1. The van der Waals surface area contributed by atoms with Crippen LogP contribution in [0.4, 0.5) is 11.4 Å². The van der Waals surface area contributed by atoms with Gasteiger partial charge in [0.05, 0.1) is 6.26 Å². The van der Waals surface area contributed by atoms with Gasteiger partial charge in [-0.15, -0.1) is 0 Å². The lowest BCUT2D eigenvalue weighted by Crippen LogP contribution is -2.09. The van der Waals surface area contributed by atoms with Crippen LogP contribution in [0.5, 0.6) is 0 Å². The minimum absolute atomic E-state index is 0.544. The number of sulfonamides is 1. The van der Waals surface area contributed by atoms with Gasteiger partial charge in [0.25, 0.3) is 0 Å². The van der Waals surface area contributed by atoms with Crippen molar-refractivity contribution in [2.45, 2.75) is 6.54 Å². The molecule has 20 heavy (non-hydrogen) atoms. The third-order valence-corrected chi connectivity index (χ3v) is 3.49. The molecule has 2 N–H and O–H groups in total. The van der Waals surface area contributed by atoms with Crippen molar-refractivity contribution < 1.29 is 8.42 Å². The van der Waals surface area contributed by atoms with E-state index in [9.17, 15) is 8.42 Å². The Labute approximate surface area is 126 Å². The molecule has 0 radical (unpaired) electrons. The molecule has 5 nitrogen and oxygen atoms in total. The molecule has 0 bridgehead atoms. The number of rotatable bonds is 5. The minimum atomic E-state index is -3.23. The molecule has 0 unspecified atom stereocenters. The number of pyridine rings is 1. The Morgan fingerprint density at radius 2 is 1.80 bits per heavy atom. The fourth-order valence-corrected chi connectivity index (χ4v) is 2.60. The Balaban J connectivity index is 1.97. The molecule has 0 saturated carbocycles. The molecule has 0 saturated heterocycles. The number of hydrogen-bond donors (Lipinski definition) is 2. The minimum Gasteiger partial charge on any atom is -0.381 e. The van der Waals surface area contributed by atoms with Gasteiger partial charge in [-0.3, -0.25) is 9.71 Å². The van der Waals surface area contributed by atoms with Crippen LogP contribution in [0.2, 0.25) is 0 Å². The normalized spacial score (nSPS) is 11.1. The van der Waals surface area contributed by atoms with E-state index in [0.29, 0.717) is 12.2 Å². The highest BCUT2D eigenvalue weighted by Gasteiger charge is 2.01. The van der Waals surface area contributed by atoms with Gasteiger partial charge in [-0.2, -0.15) is 0 Å². The van der Waals surface area contributed by atoms with Crippen LogP contribution in [0.15, 0.2) is 47.2 Å². The molecular weight excluding hydrogens is 342 g/mol. The highest BCUT2D eigenvalue weighted by atomic mass is 79.9. The predicted octanol–water partition coefficient (Wildman–Crippen LogP) is 2.83. The van der Waals surface area contributed by atoms with E-state index in [0.717, 1.165) is 22.0 Å². The standard InChI is InChI=1S/C13H14BrN3O2S/c1-20(18,19)17-13-4-2-12(3-5-13)16-8-10-6-11(14)9-15-7-10/h2-7,9,16-17H,8H2,1H3. The average molecular weight is 356 g/mol. The summed E-state index contributed by atoms with van der Waals surface area (Å²) in [6, 6.07) is 9.04. The fourth-order valence-electron chi connectivity index (χ4n) is 1.63. The Kier molecular flexibility index (Phi) is 4.61. The van der Waals surface area contributed by atoms with Crippen LogP contribution < -0.4 is 10.0 Å². The second-order valence-electron chi connectivity index (χ2n) is 4.32. The van der Waals surface area contributed by atoms with E-state index in [4.69, 9.17) is 0 Å². The van der Waals surface area contributed by atoms with Crippen LogP contribution in [0.3, 0.4) is 0 Å². The zero-order valence-corrected chi connectivity index (χ0v) is 13.2. The maximum absolute atomic E-state index is 11.1. The number of anilines is 2. The Morgan fingerprint density at radius 1 is 1.15 bits per heavy atom. The topological polar surface area (TPSA) is 71.1 Å². The lowest BCUT2D eigenvalue weighted by atomic mass is 10.2. The highest BCUT2D eigenvalue weighted by molar-refractivity contribution is 9.10. The molecule has 106 valence electrons. The largest absolute Gasteiger partial charge is 0.381 e. The zero-order valence-electron chi connectivity index (χ0n) is 10.8. The van der Waals surface area contributed by atoms with Crippen LogP contribution in [0.1, 0.15) is 5.56 Å². The van der Waals surface area contributed by atoms with Crippen LogP contribution in [-0.2, 0) is 16.6 Å². The molecule has 0 spiro atoms. The molecule has 0 atom stereocenters. The average Bonchev–Trinajstić information content (AvgIpc) is 2.36. The number of aromatic nitrogens is 1. The molecule has 1 aromatic carbocycles. The van der Waals surface area contributed by atoms with Gasteiger partial charge in [0.1, 0.15) is 0 Å². The van der Waals surface area contributed by atoms with E-state index < -0.39 is 10.0 Å². The molecule has 0 fully saturated rings.